The summed E-state index contributed by atoms with van der Waals surface area (Å²) in [5.41, 5.74) is 3.88. The summed E-state index contributed by atoms with van der Waals surface area (Å²) < 4.78 is 5.32. The van der Waals surface area contributed by atoms with Gasteiger partial charge in [0.1, 0.15) is 5.75 Å². The second-order valence-corrected chi connectivity index (χ2v) is 7.53. The van der Waals surface area contributed by atoms with Crippen molar-refractivity contribution in [3.8, 4) is 5.75 Å². The number of carbonyl (C=O) groups excluding carboxylic acids is 2. The van der Waals surface area contributed by atoms with E-state index in [-0.39, 0.29) is 29.7 Å². The van der Waals surface area contributed by atoms with Gasteiger partial charge >= 0.3 is 0 Å². The van der Waals surface area contributed by atoms with Crippen molar-refractivity contribution in [1.82, 2.24) is 0 Å². The van der Waals surface area contributed by atoms with Crippen LogP contribution in [0.15, 0.2) is 42.5 Å². The van der Waals surface area contributed by atoms with Crippen LogP contribution in [-0.4, -0.2) is 25.0 Å². The fourth-order valence-corrected chi connectivity index (χ4v) is 3.98. The summed E-state index contributed by atoms with van der Waals surface area (Å²) in [5, 5.41) is 2.94. The van der Waals surface area contributed by atoms with Gasteiger partial charge in [-0.05, 0) is 56.0 Å². The number of nitrogens with zero attached hydrogens (tertiary/aromatic N) is 1. The van der Waals surface area contributed by atoms with Gasteiger partial charge in [-0.1, -0.05) is 24.3 Å². The second-order valence-electron chi connectivity index (χ2n) is 7.53. The Kier molecular flexibility index (Phi) is 4.38. The molecule has 1 heterocycles. The number of rotatable bonds is 4. The number of benzene rings is 2. The largest absolute Gasteiger partial charge is 0.495 e. The van der Waals surface area contributed by atoms with E-state index in [1.165, 1.54) is 5.56 Å². The molecule has 1 fully saturated rings. The summed E-state index contributed by atoms with van der Waals surface area (Å²) in [4.78, 5) is 27.6. The fraction of sp³-hybridized carbons (Fsp3) is 0.364. The number of fused-ring (bicyclic) bond motifs is 1. The van der Waals surface area contributed by atoms with E-state index in [0.29, 0.717) is 17.9 Å². The van der Waals surface area contributed by atoms with E-state index in [9.17, 15) is 9.59 Å². The maximum Gasteiger partial charge on any atom is 0.231 e. The predicted molar refractivity (Wildman–Crippen MR) is 105 cm³/mol. The summed E-state index contributed by atoms with van der Waals surface area (Å²) in [7, 11) is 1.58. The van der Waals surface area contributed by atoms with Crippen molar-refractivity contribution < 1.29 is 14.3 Å². The van der Waals surface area contributed by atoms with E-state index in [2.05, 4.69) is 18.3 Å². The monoisotopic (exact) mass is 364 g/mol. The Balaban J connectivity index is 1.46. The molecule has 5 nitrogen and oxygen atoms in total. The van der Waals surface area contributed by atoms with Crippen LogP contribution in [0.2, 0.25) is 0 Å². The van der Waals surface area contributed by atoms with Gasteiger partial charge in [-0.15, -0.1) is 0 Å². The van der Waals surface area contributed by atoms with Gasteiger partial charge in [0.25, 0.3) is 0 Å². The van der Waals surface area contributed by atoms with Gasteiger partial charge in [-0.2, -0.15) is 0 Å². The zero-order valence-electron chi connectivity index (χ0n) is 15.9. The van der Waals surface area contributed by atoms with Gasteiger partial charge in [0.05, 0.1) is 24.6 Å². The van der Waals surface area contributed by atoms with Gasteiger partial charge < -0.3 is 15.0 Å². The summed E-state index contributed by atoms with van der Waals surface area (Å²) in [6.45, 7) is 4.03. The Morgan fingerprint density at radius 2 is 1.93 bits per heavy atom. The van der Waals surface area contributed by atoms with Crippen LogP contribution in [0.25, 0.3) is 0 Å². The van der Waals surface area contributed by atoms with Crippen molar-refractivity contribution in [3.63, 3.8) is 0 Å². The van der Waals surface area contributed by atoms with Crippen molar-refractivity contribution in [3.05, 3.63) is 53.6 Å². The number of anilines is 2. The average Bonchev–Trinajstić information content (AvgIpc) is 3.38. The molecular formula is C22H24N2O3. The lowest BCUT2D eigenvalue weighted by molar-refractivity contribution is -0.123. The number of hydrogen-bond donors (Lipinski definition) is 1. The SMILES string of the molecule is COc1ccc(C)cc1NC(=O)C1CC1C(=O)N1c2ccccc2CC1C. The van der Waals surface area contributed by atoms with E-state index < -0.39 is 0 Å². The Morgan fingerprint density at radius 1 is 1.15 bits per heavy atom. The summed E-state index contributed by atoms with van der Waals surface area (Å²) in [6.07, 6.45) is 1.47. The van der Waals surface area contributed by atoms with E-state index in [0.717, 1.165) is 17.7 Å². The molecule has 4 rings (SSSR count). The number of ether oxygens (including phenoxy) is 1. The molecule has 1 aliphatic carbocycles. The highest BCUT2D eigenvalue weighted by Crippen LogP contribution is 2.44. The van der Waals surface area contributed by atoms with Crippen LogP contribution in [-0.2, 0) is 16.0 Å². The molecular weight excluding hydrogens is 340 g/mol. The third-order valence-corrected chi connectivity index (χ3v) is 5.50. The molecule has 0 aromatic heterocycles. The summed E-state index contributed by atoms with van der Waals surface area (Å²) >= 11 is 0. The standard InChI is InChI=1S/C22H24N2O3/c1-13-8-9-20(27-3)18(10-13)23-21(25)16-12-17(16)22(26)24-14(2)11-15-6-4-5-7-19(15)24/h4-10,14,16-17H,11-12H2,1-3H3,(H,23,25). The predicted octanol–water partition coefficient (Wildman–Crippen LogP) is 3.56. The molecule has 3 unspecified atom stereocenters. The van der Waals surface area contributed by atoms with E-state index in [1.54, 1.807) is 7.11 Å². The van der Waals surface area contributed by atoms with E-state index >= 15 is 0 Å². The maximum absolute atomic E-state index is 13.0. The van der Waals surface area contributed by atoms with Crippen LogP contribution in [0.3, 0.4) is 0 Å². The van der Waals surface area contributed by atoms with Crippen LogP contribution >= 0.6 is 0 Å². The second kappa shape index (κ2) is 6.72. The zero-order chi connectivity index (χ0) is 19.1. The average molecular weight is 364 g/mol. The Bertz CT molecular complexity index is 908. The Morgan fingerprint density at radius 3 is 2.70 bits per heavy atom. The molecule has 1 N–H and O–H groups in total. The van der Waals surface area contributed by atoms with Crippen molar-refractivity contribution in [2.75, 3.05) is 17.3 Å². The van der Waals surface area contributed by atoms with Crippen LogP contribution < -0.4 is 15.0 Å². The number of methoxy groups -OCH3 is 1. The van der Waals surface area contributed by atoms with Crippen molar-refractivity contribution in [2.45, 2.75) is 32.7 Å². The molecule has 0 bridgehead atoms. The highest BCUT2D eigenvalue weighted by molar-refractivity contribution is 6.05. The minimum atomic E-state index is -0.275. The van der Waals surface area contributed by atoms with Gasteiger partial charge in [0.15, 0.2) is 0 Å². The summed E-state index contributed by atoms with van der Waals surface area (Å²) in [6, 6.07) is 13.8. The van der Waals surface area contributed by atoms with Crippen molar-refractivity contribution >= 4 is 23.2 Å². The Labute approximate surface area is 159 Å². The van der Waals surface area contributed by atoms with Crippen LogP contribution in [0.1, 0.15) is 24.5 Å². The first kappa shape index (κ1) is 17.6. The lowest BCUT2D eigenvalue weighted by atomic mass is 10.1. The first-order valence-corrected chi connectivity index (χ1v) is 9.36. The van der Waals surface area contributed by atoms with Crippen molar-refractivity contribution in [1.29, 1.82) is 0 Å². The molecule has 0 spiro atoms. The van der Waals surface area contributed by atoms with Crippen LogP contribution in [0.5, 0.6) is 5.75 Å². The van der Waals surface area contributed by atoms with Gasteiger partial charge in [-0.25, -0.2) is 0 Å². The van der Waals surface area contributed by atoms with E-state index in [4.69, 9.17) is 4.74 Å². The minimum Gasteiger partial charge on any atom is -0.495 e. The number of nitrogens with one attached hydrogen (secondary N) is 1. The molecule has 2 aliphatic rings. The molecule has 2 aromatic rings. The molecule has 0 radical (unpaired) electrons. The van der Waals surface area contributed by atoms with Crippen molar-refractivity contribution in [2.24, 2.45) is 11.8 Å². The van der Waals surface area contributed by atoms with E-state index in [1.807, 2.05) is 48.2 Å². The lowest BCUT2D eigenvalue weighted by Gasteiger charge is -2.23. The molecule has 2 amide bonds. The third-order valence-electron chi connectivity index (χ3n) is 5.50. The van der Waals surface area contributed by atoms with Gasteiger partial charge in [0, 0.05) is 11.7 Å². The summed E-state index contributed by atoms with van der Waals surface area (Å²) in [5.74, 6) is 0.0536. The number of para-hydroxylation sites is 1. The third kappa shape index (κ3) is 3.18. The van der Waals surface area contributed by atoms with Gasteiger partial charge in [0.2, 0.25) is 11.8 Å². The first-order valence-electron chi connectivity index (χ1n) is 9.36. The molecule has 1 aliphatic heterocycles. The molecule has 0 saturated heterocycles. The number of amides is 2. The minimum absolute atomic E-state index is 0.0591. The maximum atomic E-state index is 13.0. The zero-order valence-corrected chi connectivity index (χ0v) is 15.9. The molecule has 27 heavy (non-hydrogen) atoms. The highest BCUT2D eigenvalue weighted by atomic mass is 16.5. The number of hydrogen-bond acceptors (Lipinski definition) is 3. The smallest absolute Gasteiger partial charge is 0.231 e. The quantitative estimate of drug-likeness (QED) is 0.902. The van der Waals surface area contributed by atoms with Gasteiger partial charge in [-0.3, -0.25) is 9.59 Å². The topological polar surface area (TPSA) is 58.6 Å². The van der Waals surface area contributed by atoms with Crippen LogP contribution in [0.4, 0.5) is 11.4 Å². The normalized spacial score (nSPS) is 22.9. The van der Waals surface area contributed by atoms with Crippen LogP contribution in [0, 0.1) is 18.8 Å². The number of aryl methyl sites for hydroxylation is 1. The molecule has 1 saturated carbocycles. The first-order chi connectivity index (χ1) is 13.0. The molecule has 5 heteroatoms. The molecule has 140 valence electrons. The fourth-order valence-electron chi connectivity index (χ4n) is 3.98. The number of carbonyl (C=O) groups is 2. The highest BCUT2D eigenvalue weighted by Gasteiger charge is 2.51. The molecule has 3 atom stereocenters. The molecule has 2 aromatic carbocycles. The Hall–Kier alpha value is -2.82. The lowest BCUT2D eigenvalue weighted by Crippen LogP contribution is -2.37.